The van der Waals surface area contributed by atoms with Crippen molar-refractivity contribution in [3.05, 3.63) is 24.3 Å². The molecule has 1 heteroatoms. The second-order valence-electron chi connectivity index (χ2n) is 2.37. The van der Waals surface area contributed by atoms with Crippen LogP contribution in [-0.4, -0.2) is 0 Å². The van der Waals surface area contributed by atoms with Gasteiger partial charge in [0, 0.05) is 0 Å². The summed E-state index contributed by atoms with van der Waals surface area (Å²) in [6.45, 7) is 2.25. The molecule has 0 heterocycles. The van der Waals surface area contributed by atoms with Crippen LogP contribution in [0.5, 0.6) is 0 Å². The van der Waals surface area contributed by atoms with Crippen molar-refractivity contribution in [1.29, 1.82) is 0 Å². The van der Waals surface area contributed by atoms with E-state index >= 15 is 0 Å². The average Bonchev–Trinajstić information content (AvgIpc) is 2.41. The molecular weight excluding hydrogens is 164 g/mol. The van der Waals surface area contributed by atoms with E-state index < -0.39 is 0 Å². The van der Waals surface area contributed by atoms with E-state index in [0.29, 0.717) is 0 Å². The first-order chi connectivity index (χ1) is 4.93. The molecule has 0 bridgehead atoms. The predicted octanol–water partition coefficient (Wildman–Crippen LogP) is 3.20. The molecule has 1 aliphatic rings. The van der Waals surface area contributed by atoms with Crippen LogP contribution in [0.3, 0.4) is 0 Å². The van der Waals surface area contributed by atoms with E-state index in [1.54, 1.807) is 0 Å². The van der Waals surface area contributed by atoms with Crippen LogP contribution in [0.2, 0.25) is 10.1 Å². The van der Waals surface area contributed by atoms with Gasteiger partial charge in [-0.05, 0) is 0 Å². The molecule has 10 heavy (non-hydrogen) atoms. The SMILES string of the molecule is CCC[CH2][Fe][CH]1C=CC=C1. The van der Waals surface area contributed by atoms with Crippen molar-refractivity contribution >= 4 is 0 Å². The Kier molecular flexibility index (Phi) is 3.86. The molecule has 0 aliphatic heterocycles. The van der Waals surface area contributed by atoms with E-state index in [4.69, 9.17) is 0 Å². The van der Waals surface area contributed by atoms with Crippen molar-refractivity contribution in [2.75, 3.05) is 0 Å². The molecule has 0 amide bonds. The van der Waals surface area contributed by atoms with E-state index in [2.05, 4.69) is 31.2 Å². The van der Waals surface area contributed by atoms with Gasteiger partial charge in [0.2, 0.25) is 0 Å². The van der Waals surface area contributed by atoms with Gasteiger partial charge in [0.1, 0.15) is 0 Å². The molecule has 1 aliphatic carbocycles. The molecule has 0 nitrogen and oxygen atoms in total. The molecule has 0 radical (unpaired) electrons. The standard InChI is InChI=1S/C5H5.C4H9.Fe/c1-2-4-5-3-1;1-3-4-2;/h1-5H;1,3-4H2,2H3;. The monoisotopic (exact) mass is 178 g/mol. The average molecular weight is 178 g/mol. The van der Waals surface area contributed by atoms with Gasteiger partial charge in [0.15, 0.2) is 0 Å². The molecule has 0 saturated carbocycles. The molecule has 58 valence electrons. The van der Waals surface area contributed by atoms with Gasteiger partial charge in [0.25, 0.3) is 0 Å². The van der Waals surface area contributed by atoms with E-state index in [1.165, 1.54) is 33.1 Å². The Bertz CT molecular complexity index is 124. The number of rotatable bonds is 4. The summed E-state index contributed by atoms with van der Waals surface area (Å²) in [6.07, 6.45) is 11.6. The van der Waals surface area contributed by atoms with Crippen molar-refractivity contribution in [2.24, 2.45) is 0 Å². The van der Waals surface area contributed by atoms with E-state index in [-0.39, 0.29) is 0 Å². The fourth-order valence-electron chi connectivity index (χ4n) is 0.811. The van der Waals surface area contributed by atoms with Gasteiger partial charge in [0.05, 0.1) is 0 Å². The summed E-state index contributed by atoms with van der Waals surface area (Å²) in [4.78, 5) is 0.756. The van der Waals surface area contributed by atoms with Crippen LogP contribution in [0.25, 0.3) is 0 Å². The van der Waals surface area contributed by atoms with Gasteiger partial charge in [-0.1, -0.05) is 0 Å². The van der Waals surface area contributed by atoms with Crippen molar-refractivity contribution < 1.29 is 15.0 Å². The quantitative estimate of drug-likeness (QED) is 0.458. The van der Waals surface area contributed by atoms with Crippen LogP contribution in [0.15, 0.2) is 24.3 Å². The number of hydrogen-bond acceptors (Lipinski definition) is 0. The zero-order chi connectivity index (χ0) is 7.23. The predicted molar refractivity (Wildman–Crippen MR) is 41.7 cm³/mol. The first kappa shape index (κ1) is 8.10. The Morgan fingerprint density at radius 1 is 1.30 bits per heavy atom. The summed E-state index contributed by atoms with van der Waals surface area (Å²) < 4.78 is 0. The van der Waals surface area contributed by atoms with Crippen molar-refractivity contribution in [3.63, 3.8) is 0 Å². The van der Waals surface area contributed by atoms with E-state index in [9.17, 15) is 0 Å². The summed E-state index contributed by atoms with van der Waals surface area (Å²) in [7, 11) is 0. The molecule has 0 N–H and O–H groups in total. The topological polar surface area (TPSA) is 0 Å². The molecule has 0 aromatic heterocycles. The van der Waals surface area contributed by atoms with Crippen molar-refractivity contribution in [3.8, 4) is 0 Å². The molecular formula is C9H14Fe. The van der Waals surface area contributed by atoms with Gasteiger partial charge in [-0.25, -0.2) is 0 Å². The van der Waals surface area contributed by atoms with Crippen LogP contribution >= 0.6 is 0 Å². The van der Waals surface area contributed by atoms with Gasteiger partial charge in [-0.3, -0.25) is 0 Å². The number of allylic oxidation sites excluding steroid dienone is 4. The molecule has 0 atom stereocenters. The molecule has 0 aromatic rings. The van der Waals surface area contributed by atoms with Gasteiger partial charge < -0.3 is 0 Å². The third kappa shape index (κ3) is 2.72. The molecule has 0 spiro atoms. The van der Waals surface area contributed by atoms with Crippen LogP contribution in [-0.2, 0) is 15.0 Å². The molecule has 0 unspecified atom stereocenters. The molecule has 1 rings (SSSR count). The van der Waals surface area contributed by atoms with Gasteiger partial charge in [-0.15, -0.1) is 0 Å². The Morgan fingerprint density at radius 2 is 2.00 bits per heavy atom. The summed E-state index contributed by atoms with van der Waals surface area (Å²) in [6, 6.07) is 0. The Hall–Kier alpha value is -0.000519. The zero-order valence-electron chi connectivity index (χ0n) is 6.36. The molecule has 0 fully saturated rings. The second kappa shape index (κ2) is 4.76. The number of unbranched alkanes of at least 4 members (excludes halogenated alkanes) is 1. The summed E-state index contributed by atoms with van der Waals surface area (Å²) in [5, 5.41) is 1.38. The van der Waals surface area contributed by atoms with Crippen LogP contribution < -0.4 is 0 Å². The van der Waals surface area contributed by atoms with Gasteiger partial charge in [-0.2, -0.15) is 0 Å². The number of hydrogen-bond donors (Lipinski definition) is 0. The van der Waals surface area contributed by atoms with Crippen LogP contribution in [0.4, 0.5) is 0 Å². The molecule has 0 saturated heterocycles. The minimum absolute atomic E-state index is 0.756. The maximum absolute atomic E-state index is 2.29. The van der Waals surface area contributed by atoms with Crippen molar-refractivity contribution in [1.82, 2.24) is 0 Å². The Labute approximate surface area is 69.6 Å². The Balaban J connectivity index is 2.03. The van der Waals surface area contributed by atoms with Gasteiger partial charge >= 0.3 is 69.2 Å². The second-order valence-corrected chi connectivity index (χ2v) is 4.11. The minimum atomic E-state index is 0.756. The third-order valence-electron chi connectivity index (χ3n) is 1.44. The summed E-state index contributed by atoms with van der Waals surface area (Å²) >= 11 is 1.35. The fourth-order valence-corrected chi connectivity index (χ4v) is 2.34. The van der Waals surface area contributed by atoms with Crippen LogP contribution in [0, 0.1) is 0 Å². The summed E-state index contributed by atoms with van der Waals surface area (Å²) in [5.41, 5.74) is 0. The van der Waals surface area contributed by atoms with E-state index in [0.717, 1.165) is 4.82 Å². The molecule has 0 aromatic carbocycles. The fraction of sp³-hybridized carbons (Fsp3) is 0.556. The normalized spacial score (nSPS) is 17.3. The summed E-state index contributed by atoms with van der Waals surface area (Å²) in [5.74, 6) is 0. The zero-order valence-corrected chi connectivity index (χ0v) is 7.47. The third-order valence-corrected chi connectivity index (χ3v) is 3.09. The van der Waals surface area contributed by atoms with E-state index in [1.807, 2.05) is 0 Å². The van der Waals surface area contributed by atoms with Crippen molar-refractivity contribution in [2.45, 2.75) is 29.9 Å². The van der Waals surface area contributed by atoms with Crippen LogP contribution in [0.1, 0.15) is 19.8 Å². The Morgan fingerprint density at radius 3 is 2.60 bits per heavy atom. The first-order valence-electron chi connectivity index (χ1n) is 3.83. The maximum atomic E-state index is 2.29. The first-order valence-corrected chi connectivity index (χ1v) is 5.25.